The lowest BCUT2D eigenvalue weighted by Crippen LogP contribution is -2.09. The standard InChI is InChI=1S/C19H15N3O4/c1-2-25-12-9-7-11(8-10-12)17-21-19(26-22-17)15-16(23)13-5-3-4-6-14(13)20-18(15)24/h3-10H,2H2,1H3,(H2,20,23,24). The molecular formula is C19H15N3O4. The van der Waals surface area contributed by atoms with Gasteiger partial charge in [0.2, 0.25) is 5.82 Å². The van der Waals surface area contributed by atoms with Crippen molar-refractivity contribution in [1.29, 1.82) is 0 Å². The van der Waals surface area contributed by atoms with Crippen LogP contribution >= 0.6 is 0 Å². The van der Waals surface area contributed by atoms with Crippen LogP contribution in [0.3, 0.4) is 0 Å². The SMILES string of the molecule is CCOc1ccc(-c2noc(-c3c(O)c4ccccc4[nH]c3=O)n2)cc1. The molecule has 0 radical (unpaired) electrons. The number of pyridine rings is 1. The number of hydrogen-bond donors (Lipinski definition) is 2. The minimum absolute atomic E-state index is 0.0432. The number of ether oxygens (including phenoxy) is 1. The maximum absolute atomic E-state index is 12.4. The van der Waals surface area contributed by atoms with E-state index in [1.54, 1.807) is 48.5 Å². The van der Waals surface area contributed by atoms with Crippen molar-refractivity contribution >= 4 is 10.9 Å². The second-order valence-corrected chi connectivity index (χ2v) is 5.60. The van der Waals surface area contributed by atoms with E-state index in [-0.39, 0.29) is 17.2 Å². The highest BCUT2D eigenvalue weighted by atomic mass is 16.5. The topological polar surface area (TPSA) is 101 Å². The molecule has 0 saturated heterocycles. The highest BCUT2D eigenvalue weighted by Gasteiger charge is 2.20. The Kier molecular flexibility index (Phi) is 3.89. The van der Waals surface area contributed by atoms with Crippen molar-refractivity contribution in [3.8, 4) is 34.3 Å². The van der Waals surface area contributed by atoms with E-state index >= 15 is 0 Å². The Morgan fingerprint density at radius 3 is 2.69 bits per heavy atom. The maximum Gasteiger partial charge on any atom is 0.267 e. The van der Waals surface area contributed by atoms with Gasteiger partial charge in [0.25, 0.3) is 11.4 Å². The average Bonchev–Trinajstić information content (AvgIpc) is 3.12. The number of aromatic nitrogens is 3. The Balaban J connectivity index is 1.77. The fourth-order valence-corrected chi connectivity index (χ4v) is 2.73. The molecule has 0 saturated carbocycles. The predicted molar refractivity (Wildman–Crippen MR) is 96.1 cm³/mol. The van der Waals surface area contributed by atoms with Crippen molar-refractivity contribution in [2.45, 2.75) is 6.92 Å². The summed E-state index contributed by atoms with van der Waals surface area (Å²) < 4.78 is 10.6. The number of nitrogens with zero attached hydrogens (tertiary/aromatic N) is 2. The Hall–Kier alpha value is -3.61. The van der Waals surface area contributed by atoms with Crippen LogP contribution in [0, 0.1) is 0 Å². The van der Waals surface area contributed by atoms with Crippen LogP contribution in [0.5, 0.6) is 11.5 Å². The molecule has 7 heteroatoms. The van der Waals surface area contributed by atoms with Gasteiger partial charge in [0.1, 0.15) is 17.1 Å². The number of nitrogens with one attached hydrogen (secondary N) is 1. The minimum atomic E-state index is -0.497. The van der Waals surface area contributed by atoms with Gasteiger partial charge in [-0.1, -0.05) is 17.3 Å². The molecule has 0 amide bonds. The van der Waals surface area contributed by atoms with Gasteiger partial charge in [-0.15, -0.1) is 0 Å². The normalized spacial score (nSPS) is 11.0. The lowest BCUT2D eigenvalue weighted by atomic mass is 10.1. The summed E-state index contributed by atoms with van der Waals surface area (Å²) in [6, 6.07) is 14.1. The molecule has 7 nitrogen and oxygen atoms in total. The Bertz CT molecular complexity index is 1130. The summed E-state index contributed by atoms with van der Waals surface area (Å²) in [4.78, 5) is 19.3. The monoisotopic (exact) mass is 349 g/mol. The van der Waals surface area contributed by atoms with Gasteiger partial charge in [-0.2, -0.15) is 4.98 Å². The third kappa shape index (κ3) is 2.69. The molecular weight excluding hydrogens is 334 g/mol. The largest absolute Gasteiger partial charge is 0.506 e. The van der Waals surface area contributed by atoms with E-state index in [9.17, 15) is 9.90 Å². The fraction of sp³-hybridized carbons (Fsp3) is 0.105. The van der Waals surface area contributed by atoms with Crippen molar-refractivity contribution in [3.05, 3.63) is 58.9 Å². The van der Waals surface area contributed by atoms with Crippen molar-refractivity contribution in [1.82, 2.24) is 15.1 Å². The van der Waals surface area contributed by atoms with E-state index in [4.69, 9.17) is 9.26 Å². The number of hydrogen-bond acceptors (Lipinski definition) is 6. The molecule has 2 N–H and O–H groups in total. The van der Waals surface area contributed by atoms with Gasteiger partial charge < -0.3 is 19.4 Å². The number of fused-ring (bicyclic) bond motifs is 1. The van der Waals surface area contributed by atoms with Crippen molar-refractivity contribution < 1.29 is 14.4 Å². The van der Waals surface area contributed by atoms with Crippen molar-refractivity contribution in [2.75, 3.05) is 6.61 Å². The summed E-state index contributed by atoms with van der Waals surface area (Å²) in [6.07, 6.45) is 0. The first-order chi connectivity index (χ1) is 12.7. The molecule has 0 aliphatic heterocycles. The highest BCUT2D eigenvalue weighted by Crippen LogP contribution is 2.32. The van der Waals surface area contributed by atoms with E-state index in [0.717, 1.165) is 5.75 Å². The summed E-state index contributed by atoms with van der Waals surface area (Å²) in [6.45, 7) is 2.49. The maximum atomic E-state index is 12.4. The van der Waals surface area contributed by atoms with Crippen molar-refractivity contribution in [2.24, 2.45) is 0 Å². The first-order valence-corrected chi connectivity index (χ1v) is 8.08. The second-order valence-electron chi connectivity index (χ2n) is 5.60. The van der Waals surface area contributed by atoms with E-state index in [1.165, 1.54) is 0 Å². The second kappa shape index (κ2) is 6.36. The fourth-order valence-electron chi connectivity index (χ4n) is 2.73. The zero-order valence-electron chi connectivity index (χ0n) is 13.9. The van der Waals surface area contributed by atoms with Crippen LogP contribution in [-0.2, 0) is 0 Å². The zero-order valence-corrected chi connectivity index (χ0v) is 13.9. The van der Waals surface area contributed by atoms with Crippen molar-refractivity contribution in [3.63, 3.8) is 0 Å². The first kappa shape index (κ1) is 15.9. The van der Waals surface area contributed by atoms with E-state index in [0.29, 0.717) is 28.9 Å². The van der Waals surface area contributed by atoms with Gasteiger partial charge >= 0.3 is 0 Å². The van der Waals surface area contributed by atoms with Gasteiger partial charge in [0.05, 0.1) is 12.1 Å². The summed E-state index contributed by atoms with van der Waals surface area (Å²) in [5, 5.41) is 14.9. The molecule has 2 aromatic heterocycles. The van der Waals surface area contributed by atoms with Crippen LogP contribution in [0.4, 0.5) is 0 Å². The first-order valence-electron chi connectivity index (χ1n) is 8.08. The summed E-state index contributed by atoms with van der Waals surface area (Å²) in [7, 11) is 0. The molecule has 26 heavy (non-hydrogen) atoms. The molecule has 0 spiro atoms. The molecule has 0 unspecified atom stereocenters. The van der Waals surface area contributed by atoms with Crippen LogP contribution in [0.15, 0.2) is 57.8 Å². The molecule has 2 aromatic carbocycles. The van der Waals surface area contributed by atoms with Gasteiger partial charge in [0.15, 0.2) is 0 Å². The van der Waals surface area contributed by atoms with Crippen LogP contribution in [0.2, 0.25) is 0 Å². The smallest absolute Gasteiger partial charge is 0.267 e. The number of aromatic hydroxyl groups is 1. The number of rotatable bonds is 4. The Labute approximate surface area is 147 Å². The van der Waals surface area contributed by atoms with E-state index in [1.807, 2.05) is 6.92 Å². The van der Waals surface area contributed by atoms with E-state index < -0.39 is 5.56 Å². The van der Waals surface area contributed by atoms with Gasteiger partial charge in [-0.05, 0) is 43.3 Å². The molecule has 0 atom stereocenters. The molecule has 130 valence electrons. The number of aromatic amines is 1. The zero-order chi connectivity index (χ0) is 18.1. The van der Waals surface area contributed by atoms with Crippen LogP contribution in [0.1, 0.15) is 6.92 Å². The summed E-state index contributed by atoms with van der Waals surface area (Å²) in [5.41, 5.74) is 0.696. The average molecular weight is 349 g/mol. The van der Waals surface area contributed by atoms with Crippen LogP contribution in [0.25, 0.3) is 33.7 Å². The molecule has 2 heterocycles. The number of para-hydroxylation sites is 1. The van der Waals surface area contributed by atoms with Gasteiger partial charge in [-0.3, -0.25) is 4.79 Å². The summed E-state index contributed by atoms with van der Waals surface area (Å²) in [5.74, 6) is 0.822. The predicted octanol–water partition coefficient (Wildman–Crippen LogP) is 3.35. The third-order valence-electron chi connectivity index (χ3n) is 3.96. The lowest BCUT2D eigenvalue weighted by molar-refractivity contribution is 0.340. The van der Waals surface area contributed by atoms with E-state index in [2.05, 4.69) is 15.1 Å². The number of benzene rings is 2. The highest BCUT2D eigenvalue weighted by molar-refractivity contribution is 5.90. The van der Waals surface area contributed by atoms with Crippen LogP contribution in [-0.4, -0.2) is 26.8 Å². The quantitative estimate of drug-likeness (QED) is 0.586. The minimum Gasteiger partial charge on any atom is -0.506 e. The molecule has 0 bridgehead atoms. The summed E-state index contributed by atoms with van der Waals surface area (Å²) >= 11 is 0. The number of H-pyrrole nitrogens is 1. The molecule has 0 aliphatic carbocycles. The molecule has 4 rings (SSSR count). The van der Waals surface area contributed by atoms with Gasteiger partial charge in [0, 0.05) is 10.9 Å². The molecule has 4 aromatic rings. The van der Waals surface area contributed by atoms with Crippen LogP contribution < -0.4 is 10.3 Å². The lowest BCUT2D eigenvalue weighted by Gasteiger charge is -2.03. The third-order valence-corrected chi connectivity index (χ3v) is 3.96. The molecule has 0 aliphatic rings. The Morgan fingerprint density at radius 1 is 1.15 bits per heavy atom. The molecule has 0 fully saturated rings. The Morgan fingerprint density at radius 2 is 1.92 bits per heavy atom. The van der Waals surface area contributed by atoms with Gasteiger partial charge in [-0.25, -0.2) is 0 Å².